The van der Waals surface area contributed by atoms with E-state index in [9.17, 15) is 14.0 Å². The molecule has 5 nitrogen and oxygen atoms in total. The number of hydrogen-bond acceptors (Lipinski definition) is 3. The summed E-state index contributed by atoms with van der Waals surface area (Å²) in [5, 5.41) is 11.5. The molecule has 2 aromatic rings. The molecule has 0 atom stereocenters. The molecule has 0 aliphatic heterocycles. The summed E-state index contributed by atoms with van der Waals surface area (Å²) in [7, 11) is 0. The van der Waals surface area contributed by atoms with Crippen molar-refractivity contribution in [1.29, 1.82) is 0 Å². The van der Waals surface area contributed by atoms with Crippen LogP contribution in [0.3, 0.4) is 0 Å². The molecule has 1 heterocycles. The lowest BCUT2D eigenvalue weighted by atomic mass is 10.1. The van der Waals surface area contributed by atoms with Gasteiger partial charge in [-0.15, -0.1) is 0 Å². The van der Waals surface area contributed by atoms with E-state index in [1.165, 1.54) is 24.4 Å². The predicted octanol–water partition coefficient (Wildman–Crippen LogP) is 2.48. The number of pyridine rings is 1. The second-order valence-corrected chi connectivity index (χ2v) is 4.16. The molecule has 2 N–H and O–H groups in total. The molecule has 0 saturated carbocycles. The number of benzene rings is 1. The summed E-state index contributed by atoms with van der Waals surface area (Å²) in [5.74, 6) is -2.37. The Labute approximate surface area is 114 Å². The second kappa shape index (κ2) is 5.48. The van der Waals surface area contributed by atoms with Gasteiger partial charge in [0, 0.05) is 23.5 Å². The highest BCUT2D eigenvalue weighted by Crippen LogP contribution is 2.18. The number of nitrogens with zero attached hydrogens (tertiary/aromatic N) is 1. The van der Waals surface area contributed by atoms with Crippen LogP contribution in [0.4, 0.5) is 10.1 Å². The maximum atomic E-state index is 12.9. The molecular weight excluding hydrogens is 263 g/mol. The van der Waals surface area contributed by atoms with Crippen molar-refractivity contribution in [3.63, 3.8) is 0 Å². The number of halogens is 1. The van der Waals surface area contributed by atoms with Crippen LogP contribution in [0.15, 0.2) is 36.5 Å². The van der Waals surface area contributed by atoms with Crippen molar-refractivity contribution < 1.29 is 19.1 Å². The van der Waals surface area contributed by atoms with Gasteiger partial charge in [0.15, 0.2) is 0 Å². The van der Waals surface area contributed by atoms with Gasteiger partial charge in [-0.1, -0.05) is 6.07 Å². The van der Waals surface area contributed by atoms with Crippen molar-refractivity contribution in [3.05, 3.63) is 59.2 Å². The Kier molecular flexibility index (Phi) is 3.74. The summed E-state index contributed by atoms with van der Waals surface area (Å²) in [6, 6.07) is 6.76. The van der Waals surface area contributed by atoms with Crippen LogP contribution in [-0.4, -0.2) is 22.0 Å². The normalized spacial score (nSPS) is 10.1. The first-order valence-electron chi connectivity index (χ1n) is 5.74. The third-order valence-electron chi connectivity index (χ3n) is 2.72. The van der Waals surface area contributed by atoms with E-state index in [0.29, 0.717) is 11.3 Å². The summed E-state index contributed by atoms with van der Waals surface area (Å²) >= 11 is 0. The predicted molar refractivity (Wildman–Crippen MR) is 70.3 cm³/mol. The molecule has 0 bridgehead atoms. The van der Waals surface area contributed by atoms with E-state index in [-0.39, 0.29) is 11.1 Å². The number of hydrogen-bond donors (Lipinski definition) is 2. The Morgan fingerprint density at radius 2 is 1.95 bits per heavy atom. The number of nitrogens with one attached hydrogen (secondary N) is 1. The van der Waals surface area contributed by atoms with E-state index in [2.05, 4.69) is 10.3 Å². The summed E-state index contributed by atoms with van der Waals surface area (Å²) < 4.78 is 12.9. The van der Waals surface area contributed by atoms with Gasteiger partial charge in [-0.25, -0.2) is 9.78 Å². The fraction of sp³-hybridized carbons (Fsp3) is 0.0714. The third kappa shape index (κ3) is 2.97. The van der Waals surface area contributed by atoms with Crippen molar-refractivity contribution in [2.45, 2.75) is 6.92 Å². The minimum Gasteiger partial charge on any atom is -0.478 e. The maximum absolute atomic E-state index is 12.9. The van der Waals surface area contributed by atoms with Crippen molar-refractivity contribution in [2.75, 3.05) is 5.32 Å². The molecule has 6 heteroatoms. The van der Waals surface area contributed by atoms with Gasteiger partial charge >= 0.3 is 5.97 Å². The number of carbonyl (C=O) groups is 2. The lowest BCUT2D eigenvalue weighted by molar-refractivity contribution is 0.0696. The van der Waals surface area contributed by atoms with Gasteiger partial charge in [0.05, 0.1) is 5.56 Å². The number of amides is 1. The van der Waals surface area contributed by atoms with Crippen molar-refractivity contribution in [2.24, 2.45) is 0 Å². The van der Waals surface area contributed by atoms with Crippen molar-refractivity contribution in [3.8, 4) is 0 Å². The standard InChI is InChI=1S/C14H11FN2O3/c1-8-2-3-10(14(19)20)6-11(8)17-13(18)9-4-5-16-12(15)7-9/h2-7H,1H3,(H,17,18)(H,19,20). The van der Waals surface area contributed by atoms with Crippen molar-refractivity contribution >= 4 is 17.6 Å². The molecule has 0 radical (unpaired) electrons. The zero-order chi connectivity index (χ0) is 14.7. The molecule has 1 aromatic heterocycles. The lowest BCUT2D eigenvalue weighted by Gasteiger charge is -2.09. The summed E-state index contributed by atoms with van der Waals surface area (Å²) in [6.07, 6.45) is 1.19. The van der Waals surface area contributed by atoms with E-state index in [1.54, 1.807) is 13.0 Å². The molecule has 0 aliphatic rings. The van der Waals surface area contributed by atoms with E-state index < -0.39 is 17.8 Å². The Morgan fingerprint density at radius 3 is 2.60 bits per heavy atom. The van der Waals surface area contributed by atoms with Gasteiger partial charge in [0.1, 0.15) is 0 Å². The quantitative estimate of drug-likeness (QED) is 0.843. The Balaban J connectivity index is 2.27. The average Bonchev–Trinajstić information content (AvgIpc) is 2.41. The number of carboxylic acids is 1. The first-order valence-corrected chi connectivity index (χ1v) is 5.74. The summed E-state index contributed by atoms with van der Waals surface area (Å²) in [5.41, 5.74) is 1.24. The average molecular weight is 274 g/mol. The van der Waals surface area contributed by atoms with E-state index >= 15 is 0 Å². The summed E-state index contributed by atoms with van der Waals surface area (Å²) in [6.45, 7) is 1.73. The largest absolute Gasteiger partial charge is 0.478 e. The van der Waals surface area contributed by atoms with E-state index in [4.69, 9.17) is 5.11 Å². The summed E-state index contributed by atoms with van der Waals surface area (Å²) in [4.78, 5) is 26.2. The number of aromatic nitrogens is 1. The van der Waals surface area contributed by atoms with Gasteiger partial charge in [-0.3, -0.25) is 4.79 Å². The number of aromatic carboxylic acids is 1. The maximum Gasteiger partial charge on any atom is 0.335 e. The molecule has 20 heavy (non-hydrogen) atoms. The minimum atomic E-state index is -1.09. The smallest absolute Gasteiger partial charge is 0.335 e. The van der Waals surface area contributed by atoms with Gasteiger partial charge in [0.2, 0.25) is 5.95 Å². The lowest BCUT2D eigenvalue weighted by Crippen LogP contribution is -2.14. The van der Waals surface area contributed by atoms with Crippen LogP contribution in [0.25, 0.3) is 0 Å². The topological polar surface area (TPSA) is 79.3 Å². The highest BCUT2D eigenvalue weighted by atomic mass is 19.1. The number of carbonyl (C=O) groups excluding carboxylic acids is 1. The van der Waals surface area contributed by atoms with Crippen LogP contribution in [0, 0.1) is 12.9 Å². The van der Waals surface area contributed by atoms with Gasteiger partial charge in [-0.2, -0.15) is 4.39 Å². The zero-order valence-electron chi connectivity index (χ0n) is 10.6. The van der Waals surface area contributed by atoms with Crippen LogP contribution < -0.4 is 5.32 Å². The first-order chi connectivity index (χ1) is 9.47. The van der Waals surface area contributed by atoms with Gasteiger partial charge in [-0.05, 0) is 30.7 Å². The van der Waals surface area contributed by atoms with E-state index in [0.717, 1.165) is 6.07 Å². The number of rotatable bonds is 3. The third-order valence-corrected chi connectivity index (χ3v) is 2.72. The molecule has 0 fully saturated rings. The fourth-order valence-corrected chi connectivity index (χ4v) is 1.63. The Hall–Kier alpha value is -2.76. The molecule has 0 aliphatic carbocycles. The Morgan fingerprint density at radius 1 is 1.20 bits per heavy atom. The Bertz CT molecular complexity index is 686. The van der Waals surface area contributed by atoms with Crippen LogP contribution in [-0.2, 0) is 0 Å². The fourth-order valence-electron chi connectivity index (χ4n) is 1.63. The van der Waals surface area contributed by atoms with Crippen LogP contribution >= 0.6 is 0 Å². The monoisotopic (exact) mass is 274 g/mol. The van der Waals surface area contributed by atoms with Crippen LogP contribution in [0.1, 0.15) is 26.3 Å². The number of aryl methyl sites for hydroxylation is 1. The molecule has 2 rings (SSSR count). The van der Waals surface area contributed by atoms with Crippen molar-refractivity contribution in [1.82, 2.24) is 4.98 Å². The number of carboxylic acid groups (broad SMARTS) is 1. The molecule has 0 saturated heterocycles. The molecule has 1 aromatic carbocycles. The molecular formula is C14H11FN2O3. The molecule has 0 spiro atoms. The van der Waals surface area contributed by atoms with Gasteiger partial charge < -0.3 is 10.4 Å². The highest BCUT2D eigenvalue weighted by Gasteiger charge is 2.11. The zero-order valence-corrected chi connectivity index (χ0v) is 10.6. The second-order valence-electron chi connectivity index (χ2n) is 4.16. The minimum absolute atomic E-state index is 0.0619. The first kappa shape index (κ1) is 13.7. The SMILES string of the molecule is Cc1ccc(C(=O)O)cc1NC(=O)c1ccnc(F)c1. The van der Waals surface area contributed by atoms with E-state index in [1.807, 2.05) is 0 Å². The van der Waals surface area contributed by atoms with Crippen LogP contribution in [0.2, 0.25) is 0 Å². The number of anilines is 1. The molecule has 1 amide bonds. The molecule has 102 valence electrons. The highest BCUT2D eigenvalue weighted by molar-refractivity contribution is 6.05. The van der Waals surface area contributed by atoms with Gasteiger partial charge in [0.25, 0.3) is 5.91 Å². The molecule has 0 unspecified atom stereocenters. The van der Waals surface area contributed by atoms with Crippen LogP contribution in [0.5, 0.6) is 0 Å².